The topological polar surface area (TPSA) is 42.2 Å². The van der Waals surface area contributed by atoms with Crippen molar-refractivity contribution in [3.05, 3.63) is 29.7 Å². The third-order valence-electron chi connectivity index (χ3n) is 3.74. The summed E-state index contributed by atoms with van der Waals surface area (Å²) in [5, 5.41) is 2.91. The van der Waals surface area contributed by atoms with Crippen LogP contribution in [0.15, 0.2) is 22.6 Å². The number of carbonyl (C=O) groups is 1. The van der Waals surface area contributed by atoms with Crippen molar-refractivity contribution in [1.82, 2.24) is 5.32 Å². The maximum atomic E-state index is 11.6. The molecule has 0 saturated heterocycles. The van der Waals surface area contributed by atoms with Gasteiger partial charge < -0.3 is 9.73 Å². The number of rotatable bonds is 12. The standard InChI is InChI=1S/C19H31NO2/c1-3-4-5-6-7-8-9-10-11-16-20-19(21)15-14-18-13-12-17(2)22-18/h12-15H,3-11,16H2,1-2H3,(H,20,21). The Morgan fingerprint density at radius 3 is 2.27 bits per heavy atom. The van der Waals surface area contributed by atoms with Crippen molar-refractivity contribution < 1.29 is 9.21 Å². The summed E-state index contributed by atoms with van der Waals surface area (Å²) in [6, 6.07) is 3.75. The number of carbonyl (C=O) groups excluding carboxylic acids is 1. The highest BCUT2D eigenvalue weighted by Crippen LogP contribution is 2.09. The van der Waals surface area contributed by atoms with Crippen LogP contribution in [0, 0.1) is 6.92 Å². The summed E-state index contributed by atoms with van der Waals surface area (Å²) in [4.78, 5) is 11.6. The van der Waals surface area contributed by atoms with Gasteiger partial charge in [0.15, 0.2) is 0 Å². The van der Waals surface area contributed by atoms with E-state index in [1.807, 2.05) is 19.1 Å². The van der Waals surface area contributed by atoms with E-state index in [1.165, 1.54) is 57.4 Å². The molecule has 0 aliphatic heterocycles. The lowest BCUT2D eigenvalue weighted by atomic mass is 10.1. The highest BCUT2D eigenvalue weighted by molar-refractivity contribution is 5.91. The van der Waals surface area contributed by atoms with Crippen molar-refractivity contribution in [1.29, 1.82) is 0 Å². The molecule has 0 aromatic carbocycles. The minimum absolute atomic E-state index is 0.0476. The maximum Gasteiger partial charge on any atom is 0.244 e. The van der Waals surface area contributed by atoms with Crippen LogP contribution >= 0.6 is 0 Å². The van der Waals surface area contributed by atoms with Crippen LogP contribution in [-0.4, -0.2) is 12.5 Å². The monoisotopic (exact) mass is 305 g/mol. The quantitative estimate of drug-likeness (QED) is 0.423. The molecular weight excluding hydrogens is 274 g/mol. The molecule has 1 rings (SSSR count). The van der Waals surface area contributed by atoms with E-state index in [-0.39, 0.29) is 5.91 Å². The van der Waals surface area contributed by atoms with Gasteiger partial charge in [0.1, 0.15) is 11.5 Å². The number of hydrogen-bond acceptors (Lipinski definition) is 2. The molecule has 1 N–H and O–H groups in total. The van der Waals surface area contributed by atoms with Gasteiger partial charge >= 0.3 is 0 Å². The summed E-state index contributed by atoms with van der Waals surface area (Å²) < 4.78 is 5.37. The number of amides is 1. The van der Waals surface area contributed by atoms with E-state index < -0.39 is 0 Å². The molecule has 0 atom stereocenters. The van der Waals surface area contributed by atoms with Crippen LogP contribution in [0.25, 0.3) is 6.08 Å². The first-order valence-corrected chi connectivity index (χ1v) is 8.74. The van der Waals surface area contributed by atoms with E-state index in [0.717, 1.165) is 24.5 Å². The molecule has 0 aliphatic carbocycles. The van der Waals surface area contributed by atoms with Crippen LogP contribution in [0.3, 0.4) is 0 Å². The molecule has 1 aromatic heterocycles. The fourth-order valence-corrected chi connectivity index (χ4v) is 2.41. The second-order valence-electron chi connectivity index (χ2n) is 5.90. The molecule has 0 aliphatic rings. The predicted molar refractivity (Wildman–Crippen MR) is 92.7 cm³/mol. The molecule has 1 amide bonds. The molecule has 0 unspecified atom stereocenters. The summed E-state index contributed by atoms with van der Waals surface area (Å²) in [5.41, 5.74) is 0. The van der Waals surface area contributed by atoms with Gasteiger partial charge in [0.25, 0.3) is 0 Å². The SMILES string of the molecule is CCCCCCCCCCCNC(=O)C=Cc1ccc(C)o1. The van der Waals surface area contributed by atoms with E-state index in [0.29, 0.717) is 0 Å². The van der Waals surface area contributed by atoms with Crippen LogP contribution in [0.1, 0.15) is 76.2 Å². The van der Waals surface area contributed by atoms with Crippen LogP contribution in [0.4, 0.5) is 0 Å². The van der Waals surface area contributed by atoms with Crippen LogP contribution in [-0.2, 0) is 4.79 Å². The Hall–Kier alpha value is -1.51. The highest BCUT2D eigenvalue weighted by atomic mass is 16.3. The average molecular weight is 305 g/mol. The first kappa shape index (κ1) is 18.5. The third-order valence-corrected chi connectivity index (χ3v) is 3.74. The van der Waals surface area contributed by atoms with Gasteiger partial charge in [0, 0.05) is 12.6 Å². The lowest BCUT2D eigenvalue weighted by Crippen LogP contribution is -2.21. The van der Waals surface area contributed by atoms with Gasteiger partial charge in [-0.3, -0.25) is 4.79 Å². The number of aryl methyl sites for hydroxylation is 1. The molecule has 3 heteroatoms. The molecular formula is C19H31NO2. The van der Waals surface area contributed by atoms with E-state index in [4.69, 9.17) is 4.42 Å². The second-order valence-corrected chi connectivity index (χ2v) is 5.90. The minimum Gasteiger partial charge on any atom is -0.462 e. The normalized spacial score (nSPS) is 11.2. The number of hydrogen-bond donors (Lipinski definition) is 1. The smallest absolute Gasteiger partial charge is 0.244 e. The molecule has 0 fully saturated rings. The Morgan fingerprint density at radius 1 is 1.05 bits per heavy atom. The van der Waals surface area contributed by atoms with Gasteiger partial charge in [0.2, 0.25) is 5.91 Å². The second kappa shape index (κ2) is 12.1. The summed E-state index contributed by atoms with van der Waals surface area (Å²) >= 11 is 0. The molecule has 22 heavy (non-hydrogen) atoms. The van der Waals surface area contributed by atoms with Crippen molar-refractivity contribution in [2.24, 2.45) is 0 Å². The van der Waals surface area contributed by atoms with Crippen LogP contribution < -0.4 is 5.32 Å². The third kappa shape index (κ3) is 9.43. The van der Waals surface area contributed by atoms with Crippen molar-refractivity contribution >= 4 is 12.0 Å². The van der Waals surface area contributed by atoms with Crippen LogP contribution in [0.5, 0.6) is 0 Å². The zero-order valence-electron chi connectivity index (χ0n) is 14.2. The molecule has 0 radical (unpaired) electrons. The number of unbranched alkanes of at least 4 members (excludes halogenated alkanes) is 8. The van der Waals surface area contributed by atoms with Crippen LogP contribution in [0.2, 0.25) is 0 Å². The van der Waals surface area contributed by atoms with E-state index in [9.17, 15) is 4.79 Å². The molecule has 3 nitrogen and oxygen atoms in total. The fourth-order valence-electron chi connectivity index (χ4n) is 2.41. The minimum atomic E-state index is -0.0476. The molecule has 1 aromatic rings. The first-order chi connectivity index (χ1) is 10.7. The van der Waals surface area contributed by atoms with Gasteiger partial charge in [-0.25, -0.2) is 0 Å². The Kier molecular flexibility index (Phi) is 10.2. The molecule has 1 heterocycles. The van der Waals surface area contributed by atoms with E-state index >= 15 is 0 Å². The van der Waals surface area contributed by atoms with Crippen molar-refractivity contribution in [2.45, 2.75) is 71.6 Å². The zero-order chi connectivity index (χ0) is 16.0. The Balaban J connectivity index is 1.94. The van der Waals surface area contributed by atoms with Gasteiger partial charge in [-0.1, -0.05) is 58.3 Å². The fraction of sp³-hybridized carbons (Fsp3) is 0.632. The van der Waals surface area contributed by atoms with E-state index in [1.54, 1.807) is 6.08 Å². The van der Waals surface area contributed by atoms with Gasteiger partial charge in [0.05, 0.1) is 0 Å². The summed E-state index contributed by atoms with van der Waals surface area (Å²) in [6.07, 6.45) is 14.9. The molecule has 0 spiro atoms. The van der Waals surface area contributed by atoms with Gasteiger partial charge in [-0.15, -0.1) is 0 Å². The van der Waals surface area contributed by atoms with Crippen molar-refractivity contribution in [2.75, 3.05) is 6.54 Å². The summed E-state index contributed by atoms with van der Waals surface area (Å²) in [6.45, 7) is 4.90. The Morgan fingerprint density at radius 2 is 1.68 bits per heavy atom. The van der Waals surface area contributed by atoms with E-state index in [2.05, 4.69) is 12.2 Å². The van der Waals surface area contributed by atoms with Crippen molar-refractivity contribution in [3.8, 4) is 0 Å². The predicted octanol–water partition coefficient (Wildman–Crippen LogP) is 5.25. The average Bonchev–Trinajstić information content (AvgIpc) is 2.93. The Labute approximate surface area is 135 Å². The van der Waals surface area contributed by atoms with Gasteiger partial charge in [-0.2, -0.15) is 0 Å². The lowest BCUT2D eigenvalue weighted by Gasteiger charge is -2.03. The number of furan rings is 1. The zero-order valence-corrected chi connectivity index (χ0v) is 14.2. The largest absolute Gasteiger partial charge is 0.462 e. The summed E-state index contributed by atoms with van der Waals surface area (Å²) in [5.74, 6) is 1.53. The van der Waals surface area contributed by atoms with Crippen molar-refractivity contribution in [3.63, 3.8) is 0 Å². The first-order valence-electron chi connectivity index (χ1n) is 8.74. The lowest BCUT2D eigenvalue weighted by molar-refractivity contribution is -0.116. The number of nitrogens with one attached hydrogen (secondary N) is 1. The highest BCUT2D eigenvalue weighted by Gasteiger charge is 1.97. The maximum absolute atomic E-state index is 11.6. The Bertz CT molecular complexity index is 434. The summed E-state index contributed by atoms with van der Waals surface area (Å²) in [7, 11) is 0. The molecule has 0 saturated carbocycles. The van der Waals surface area contributed by atoms with Gasteiger partial charge in [-0.05, 0) is 31.6 Å². The molecule has 0 bridgehead atoms. The molecule has 124 valence electrons.